The molecule has 1 aliphatic rings. The first-order valence-electron chi connectivity index (χ1n) is 12.2. The molecule has 0 aromatic carbocycles. The normalized spacial score (nSPS) is 16.6. The van der Waals surface area contributed by atoms with Crippen LogP contribution in [0.5, 0.6) is 0 Å². The first kappa shape index (κ1) is 26.0. The standard InChI is InChI=1S/C28H49N/c1-8-27(17-13-15-24(4)5)20-21-29(28-18-10-9-11-19-28)22-26(7)25(6)16-12-14-23(2)3/h8,14-15,26,28H,6,9-13,16-22H2,1-5,7H3/b27-8+. The van der Waals surface area contributed by atoms with Gasteiger partial charge in [-0.05, 0) is 85.5 Å². The van der Waals surface area contributed by atoms with Gasteiger partial charge in [-0.25, -0.2) is 0 Å². The van der Waals surface area contributed by atoms with Crippen LogP contribution in [0, 0.1) is 5.92 Å². The molecule has 1 atom stereocenters. The lowest BCUT2D eigenvalue weighted by atomic mass is 9.91. The summed E-state index contributed by atoms with van der Waals surface area (Å²) in [6.45, 7) is 20.2. The van der Waals surface area contributed by atoms with Gasteiger partial charge in [0.2, 0.25) is 0 Å². The molecule has 1 unspecified atom stereocenters. The van der Waals surface area contributed by atoms with E-state index in [1.165, 1.54) is 81.2 Å². The van der Waals surface area contributed by atoms with Gasteiger partial charge < -0.3 is 0 Å². The molecule has 1 heteroatoms. The topological polar surface area (TPSA) is 3.24 Å². The second-order valence-corrected chi connectivity index (χ2v) is 9.68. The van der Waals surface area contributed by atoms with Crippen LogP contribution < -0.4 is 0 Å². The van der Waals surface area contributed by atoms with Gasteiger partial charge in [-0.1, -0.05) is 73.3 Å². The Hall–Kier alpha value is -1.08. The number of hydrogen-bond acceptors (Lipinski definition) is 1. The molecule has 0 saturated heterocycles. The van der Waals surface area contributed by atoms with Crippen molar-refractivity contribution in [1.82, 2.24) is 4.90 Å². The van der Waals surface area contributed by atoms with Gasteiger partial charge in [0.15, 0.2) is 0 Å². The number of allylic oxidation sites excluding steroid dienone is 5. The van der Waals surface area contributed by atoms with Gasteiger partial charge in [0.1, 0.15) is 0 Å². The highest BCUT2D eigenvalue weighted by molar-refractivity contribution is 5.06. The van der Waals surface area contributed by atoms with Gasteiger partial charge in [0.25, 0.3) is 0 Å². The van der Waals surface area contributed by atoms with E-state index in [-0.39, 0.29) is 0 Å². The third kappa shape index (κ3) is 11.6. The van der Waals surface area contributed by atoms with E-state index in [4.69, 9.17) is 0 Å². The van der Waals surface area contributed by atoms with Crippen molar-refractivity contribution in [1.29, 1.82) is 0 Å². The van der Waals surface area contributed by atoms with Gasteiger partial charge in [-0.2, -0.15) is 0 Å². The highest BCUT2D eigenvalue weighted by Crippen LogP contribution is 2.26. The lowest BCUT2D eigenvalue weighted by molar-refractivity contribution is 0.143. The molecule has 0 spiro atoms. The predicted octanol–water partition coefficient (Wildman–Crippen LogP) is 8.64. The van der Waals surface area contributed by atoms with Gasteiger partial charge in [-0.3, -0.25) is 4.90 Å². The smallest absolute Gasteiger partial charge is 0.00956 e. The molecule has 1 fully saturated rings. The molecule has 166 valence electrons. The van der Waals surface area contributed by atoms with Gasteiger partial charge in [-0.15, -0.1) is 0 Å². The average Bonchev–Trinajstić information content (AvgIpc) is 2.69. The second-order valence-electron chi connectivity index (χ2n) is 9.68. The first-order chi connectivity index (χ1) is 13.8. The molecule has 1 nitrogen and oxygen atoms in total. The zero-order valence-electron chi connectivity index (χ0n) is 20.5. The van der Waals surface area contributed by atoms with E-state index in [2.05, 4.69) is 71.2 Å². The lowest BCUT2D eigenvalue weighted by Crippen LogP contribution is -2.40. The molecule has 0 bridgehead atoms. The van der Waals surface area contributed by atoms with Gasteiger partial charge in [0, 0.05) is 19.1 Å². The Morgan fingerprint density at radius 3 is 2.07 bits per heavy atom. The molecule has 0 radical (unpaired) electrons. The van der Waals surface area contributed by atoms with Crippen LogP contribution in [0.3, 0.4) is 0 Å². The molecule has 1 rings (SSSR count). The van der Waals surface area contributed by atoms with Crippen molar-refractivity contribution in [2.75, 3.05) is 13.1 Å². The second kappa shape index (κ2) is 14.8. The molecule has 0 aliphatic heterocycles. The highest BCUT2D eigenvalue weighted by Gasteiger charge is 2.23. The molecule has 0 N–H and O–H groups in total. The summed E-state index contributed by atoms with van der Waals surface area (Å²) in [6.07, 6.45) is 20.0. The predicted molar refractivity (Wildman–Crippen MR) is 132 cm³/mol. The fourth-order valence-corrected chi connectivity index (χ4v) is 4.39. The van der Waals surface area contributed by atoms with E-state index in [9.17, 15) is 0 Å². The van der Waals surface area contributed by atoms with Crippen LogP contribution in [0.4, 0.5) is 0 Å². The first-order valence-corrected chi connectivity index (χ1v) is 12.2. The molecule has 1 saturated carbocycles. The monoisotopic (exact) mass is 399 g/mol. The maximum atomic E-state index is 4.44. The minimum atomic E-state index is 0.585. The third-order valence-corrected chi connectivity index (χ3v) is 6.46. The summed E-state index contributed by atoms with van der Waals surface area (Å²) < 4.78 is 0. The van der Waals surface area contributed by atoms with Crippen molar-refractivity contribution in [3.8, 4) is 0 Å². The molecule has 1 aliphatic carbocycles. The Kier molecular flexibility index (Phi) is 13.3. The van der Waals surface area contributed by atoms with Crippen LogP contribution in [-0.2, 0) is 0 Å². The van der Waals surface area contributed by atoms with Crippen molar-refractivity contribution in [2.24, 2.45) is 5.92 Å². The van der Waals surface area contributed by atoms with Crippen molar-refractivity contribution < 1.29 is 0 Å². The molecule has 0 heterocycles. The molecular formula is C28H49N. The summed E-state index contributed by atoms with van der Waals surface area (Å²) in [4.78, 5) is 2.82. The maximum Gasteiger partial charge on any atom is 0.00956 e. The summed E-state index contributed by atoms with van der Waals surface area (Å²) in [5, 5.41) is 0. The van der Waals surface area contributed by atoms with Crippen molar-refractivity contribution in [3.63, 3.8) is 0 Å². The number of hydrogen-bond donors (Lipinski definition) is 0. The summed E-state index contributed by atoms with van der Waals surface area (Å²) in [5.41, 5.74) is 5.91. The molecule has 0 amide bonds. The van der Waals surface area contributed by atoms with Crippen LogP contribution >= 0.6 is 0 Å². The Bertz CT molecular complexity index is 549. The molecule has 29 heavy (non-hydrogen) atoms. The largest absolute Gasteiger partial charge is 0.299 e. The lowest BCUT2D eigenvalue weighted by Gasteiger charge is -2.36. The number of nitrogens with zero attached hydrogens (tertiary/aromatic N) is 1. The van der Waals surface area contributed by atoms with E-state index in [1.54, 1.807) is 5.57 Å². The van der Waals surface area contributed by atoms with Crippen LogP contribution in [0.25, 0.3) is 0 Å². The molecule has 0 aromatic rings. The summed E-state index contributed by atoms with van der Waals surface area (Å²) >= 11 is 0. The van der Waals surface area contributed by atoms with Gasteiger partial charge >= 0.3 is 0 Å². The summed E-state index contributed by atoms with van der Waals surface area (Å²) in [6, 6.07) is 0.785. The van der Waals surface area contributed by atoms with E-state index in [0.29, 0.717) is 5.92 Å². The minimum absolute atomic E-state index is 0.585. The third-order valence-electron chi connectivity index (χ3n) is 6.46. The minimum Gasteiger partial charge on any atom is -0.299 e. The van der Waals surface area contributed by atoms with Crippen molar-refractivity contribution in [2.45, 2.75) is 112 Å². The average molecular weight is 400 g/mol. The fraction of sp³-hybridized carbons (Fsp3) is 0.714. The van der Waals surface area contributed by atoms with Crippen molar-refractivity contribution in [3.05, 3.63) is 47.1 Å². The van der Waals surface area contributed by atoms with Crippen LogP contribution in [-0.4, -0.2) is 24.0 Å². The SMILES string of the molecule is C=C(CCC=C(C)C)C(C)CN(CC/C(=C/C)CCC=C(C)C)C1CCCCC1. The zero-order chi connectivity index (χ0) is 21.6. The van der Waals surface area contributed by atoms with Crippen LogP contribution in [0.1, 0.15) is 106 Å². The quantitative estimate of drug-likeness (QED) is 0.280. The van der Waals surface area contributed by atoms with Crippen LogP contribution in [0.15, 0.2) is 47.1 Å². The molecule has 0 aromatic heterocycles. The fourth-order valence-electron chi connectivity index (χ4n) is 4.39. The Morgan fingerprint density at radius 1 is 0.931 bits per heavy atom. The zero-order valence-corrected chi connectivity index (χ0v) is 20.5. The van der Waals surface area contributed by atoms with E-state index >= 15 is 0 Å². The Labute approximate surface area is 183 Å². The Balaban J connectivity index is 2.64. The Morgan fingerprint density at radius 2 is 1.52 bits per heavy atom. The van der Waals surface area contributed by atoms with Crippen LogP contribution in [0.2, 0.25) is 0 Å². The maximum absolute atomic E-state index is 4.44. The van der Waals surface area contributed by atoms with Gasteiger partial charge in [0.05, 0.1) is 0 Å². The summed E-state index contributed by atoms with van der Waals surface area (Å²) in [7, 11) is 0. The molecular weight excluding hydrogens is 350 g/mol. The van der Waals surface area contributed by atoms with E-state index in [0.717, 1.165) is 18.9 Å². The van der Waals surface area contributed by atoms with Crippen molar-refractivity contribution >= 4 is 0 Å². The number of rotatable bonds is 13. The van der Waals surface area contributed by atoms with E-state index in [1.807, 2.05) is 0 Å². The van der Waals surface area contributed by atoms with E-state index < -0.39 is 0 Å². The summed E-state index contributed by atoms with van der Waals surface area (Å²) in [5.74, 6) is 0.585. The highest BCUT2D eigenvalue weighted by atomic mass is 15.2.